The van der Waals surface area contributed by atoms with Crippen LogP contribution in [0, 0.1) is 5.82 Å². The largest absolute Gasteiger partial charge is 0.496 e. The number of benzene rings is 2. The molecule has 1 atom stereocenters. The Kier molecular flexibility index (Phi) is 5.81. The number of ether oxygens (including phenoxy) is 1. The standard InChI is InChI=1S/C24H24FN7O2/c1-34-19-7-6-17(25)10-18(19)24(33)28-11-14-2-4-15(5-3-14)20-21-22(26)29-13-30-32(21)23(31-20)16-8-9-27-12-16/h2-7,10,13,16,27H,8-9,11-12H2,1H3,(H,28,33)(H2,26,29,30)/t16-/m1/s1. The van der Waals surface area contributed by atoms with Gasteiger partial charge in [0.2, 0.25) is 0 Å². The molecule has 34 heavy (non-hydrogen) atoms. The van der Waals surface area contributed by atoms with Gasteiger partial charge in [-0.2, -0.15) is 5.10 Å². The summed E-state index contributed by atoms with van der Waals surface area (Å²) in [5.74, 6) is 0.886. The summed E-state index contributed by atoms with van der Waals surface area (Å²) in [6, 6.07) is 11.5. The van der Waals surface area contributed by atoms with Crippen LogP contribution >= 0.6 is 0 Å². The fourth-order valence-corrected chi connectivity index (χ4v) is 4.23. The van der Waals surface area contributed by atoms with Gasteiger partial charge in [-0.15, -0.1) is 0 Å². The number of fused-ring (bicyclic) bond motifs is 1. The Hall–Kier alpha value is -4.05. The van der Waals surface area contributed by atoms with E-state index in [-0.39, 0.29) is 18.0 Å². The second kappa shape index (κ2) is 9.06. The number of imidazole rings is 1. The van der Waals surface area contributed by atoms with E-state index < -0.39 is 11.7 Å². The number of hydrogen-bond donors (Lipinski definition) is 3. The average molecular weight is 462 g/mol. The molecule has 1 aliphatic heterocycles. The predicted octanol–water partition coefficient (Wildman–Crippen LogP) is 2.53. The number of methoxy groups -OCH3 is 1. The van der Waals surface area contributed by atoms with E-state index in [0.717, 1.165) is 48.2 Å². The monoisotopic (exact) mass is 461 g/mol. The van der Waals surface area contributed by atoms with Crippen LogP contribution < -0.4 is 21.1 Å². The van der Waals surface area contributed by atoms with Gasteiger partial charge in [0.05, 0.1) is 12.7 Å². The molecular weight excluding hydrogens is 437 g/mol. The van der Waals surface area contributed by atoms with Gasteiger partial charge in [-0.3, -0.25) is 4.79 Å². The van der Waals surface area contributed by atoms with Crippen molar-refractivity contribution in [3.8, 4) is 17.0 Å². The maximum atomic E-state index is 13.6. The quantitative estimate of drug-likeness (QED) is 0.404. The van der Waals surface area contributed by atoms with Crippen molar-refractivity contribution in [2.75, 3.05) is 25.9 Å². The van der Waals surface area contributed by atoms with E-state index in [1.165, 1.54) is 25.6 Å². The molecule has 0 radical (unpaired) electrons. The minimum atomic E-state index is -0.501. The fraction of sp³-hybridized carbons (Fsp3) is 0.250. The molecule has 4 aromatic rings. The zero-order valence-corrected chi connectivity index (χ0v) is 18.6. The number of nitrogens with zero attached hydrogens (tertiary/aromatic N) is 4. The van der Waals surface area contributed by atoms with E-state index in [1.54, 1.807) is 4.52 Å². The molecule has 1 saturated heterocycles. The number of anilines is 1. The Balaban J connectivity index is 1.38. The van der Waals surface area contributed by atoms with Gasteiger partial charge in [0.25, 0.3) is 5.91 Å². The van der Waals surface area contributed by atoms with Crippen LogP contribution in [-0.4, -0.2) is 45.7 Å². The molecule has 10 heteroatoms. The van der Waals surface area contributed by atoms with Crippen LogP contribution in [0.1, 0.15) is 34.1 Å². The summed E-state index contributed by atoms with van der Waals surface area (Å²) in [7, 11) is 1.44. The minimum Gasteiger partial charge on any atom is -0.496 e. The first-order chi connectivity index (χ1) is 16.5. The van der Waals surface area contributed by atoms with Gasteiger partial charge in [-0.1, -0.05) is 24.3 Å². The van der Waals surface area contributed by atoms with Crippen molar-refractivity contribution in [1.29, 1.82) is 0 Å². The Morgan fingerprint density at radius 1 is 1.29 bits per heavy atom. The van der Waals surface area contributed by atoms with Gasteiger partial charge < -0.3 is 21.1 Å². The van der Waals surface area contributed by atoms with Crippen molar-refractivity contribution >= 4 is 17.2 Å². The molecule has 0 saturated carbocycles. The predicted molar refractivity (Wildman–Crippen MR) is 125 cm³/mol. The molecule has 4 N–H and O–H groups in total. The summed E-state index contributed by atoms with van der Waals surface area (Å²) in [5.41, 5.74) is 9.50. The second-order valence-electron chi connectivity index (χ2n) is 8.14. The van der Waals surface area contributed by atoms with Gasteiger partial charge in [-0.25, -0.2) is 18.9 Å². The van der Waals surface area contributed by atoms with Gasteiger partial charge in [0.15, 0.2) is 5.82 Å². The van der Waals surface area contributed by atoms with Crippen molar-refractivity contribution in [1.82, 2.24) is 30.2 Å². The van der Waals surface area contributed by atoms with Crippen LogP contribution in [0.4, 0.5) is 10.2 Å². The summed E-state index contributed by atoms with van der Waals surface area (Å²) in [5, 5.41) is 10.6. The van der Waals surface area contributed by atoms with Gasteiger partial charge in [0.1, 0.15) is 34.9 Å². The highest BCUT2D eigenvalue weighted by atomic mass is 19.1. The molecule has 0 unspecified atom stereocenters. The van der Waals surface area contributed by atoms with E-state index in [4.69, 9.17) is 15.5 Å². The van der Waals surface area contributed by atoms with Crippen molar-refractivity contribution in [2.45, 2.75) is 18.9 Å². The SMILES string of the molecule is COc1ccc(F)cc1C(=O)NCc1ccc(-c2nc([C@@H]3CCNC3)n3ncnc(N)c23)cc1. The number of rotatable bonds is 6. The fourth-order valence-electron chi connectivity index (χ4n) is 4.23. The topological polar surface area (TPSA) is 119 Å². The van der Waals surface area contributed by atoms with E-state index in [0.29, 0.717) is 17.1 Å². The zero-order chi connectivity index (χ0) is 23.7. The molecule has 9 nitrogen and oxygen atoms in total. The highest BCUT2D eigenvalue weighted by molar-refractivity contribution is 5.96. The molecule has 0 aliphatic carbocycles. The molecule has 3 heterocycles. The Labute approximate surface area is 195 Å². The first-order valence-corrected chi connectivity index (χ1v) is 11.0. The minimum absolute atomic E-state index is 0.146. The van der Waals surface area contributed by atoms with E-state index >= 15 is 0 Å². The third-order valence-corrected chi connectivity index (χ3v) is 6.00. The summed E-state index contributed by atoms with van der Waals surface area (Å²) in [6.45, 7) is 2.06. The number of halogens is 1. The lowest BCUT2D eigenvalue weighted by Gasteiger charge is -2.10. The summed E-state index contributed by atoms with van der Waals surface area (Å²) in [6.07, 6.45) is 2.43. The summed E-state index contributed by atoms with van der Waals surface area (Å²) < 4.78 is 20.5. The first-order valence-electron chi connectivity index (χ1n) is 11.0. The lowest BCUT2D eigenvalue weighted by Crippen LogP contribution is -2.23. The van der Waals surface area contributed by atoms with Crippen molar-refractivity contribution < 1.29 is 13.9 Å². The van der Waals surface area contributed by atoms with Crippen LogP contribution in [0.3, 0.4) is 0 Å². The molecule has 1 amide bonds. The number of amides is 1. The van der Waals surface area contributed by atoms with Gasteiger partial charge in [0, 0.05) is 24.6 Å². The molecule has 2 aromatic carbocycles. The summed E-state index contributed by atoms with van der Waals surface area (Å²) in [4.78, 5) is 21.6. The molecule has 174 valence electrons. The van der Waals surface area contributed by atoms with E-state index in [1.807, 2.05) is 24.3 Å². The van der Waals surface area contributed by atoms with Crippen LogP contribution in [-0.2, 0) is 6.54 Å². The van der Waals surface area contributed by atoms with E-state index in [9.17, 15) is 9.18 Å². The van der Waals surface area contributed by atoms with Crippen molar-refractivity contribution in [3.63, 3.8) is 0 Å². The zero-order valence-electron chi connectivity index (χ0n) is 18.6. The molecule has 5 rings (SSSR count). The molecule has 0 spiro atoms. The second-order valence-corrected chi connectivity index (χ2v) is 8.14. The molecule has 2 aromatic heterocycles. The average Bonchev–Trinajstić information content (AvgIpc) is 3.52. The smallest absolute Gasteiger partial charge is 0.255 e. The van der Waals surface area contributed by atoms with Crippen molar-refractivity contribution in [2.24, 2.45) is 0 Å². The normalized spacial score (nSPS) is 15.5. The third kappa shape index (κ3) is 4.03. The van der Waals surface area contributed by atoms with Gasteiger partial charge >= 0.3 is 0 Å². The van der Waals surface area contributed by atoms with Crippen molar-refractivity contribution in [3.05, 3.63) is 71.6 Å². The number of nitrogens with two attached hydrogens (primary N) is 1. The number of carbonyl (C=O) groups is 1. The molecular formula is C24H24FN7O2. The number of nitrogens with one attached hydrogen (secondary N) is 2. The Morgan fingerprint density at radius 3 is 2.85 bits per heavy atom. The lowest BCUT2D eigenvalue weighted by molar-refractivity contribution is 0.0947. The number of carbonyl (C=O) groups excluding carboxylic acids is 1. The number of aromatic nitrogens is 4. The van der Waals surface area contributed by atoms with Crippen LogP contribution in [0.2, 0.25) is 0 Å². The van der Waals surface area contributed by atoms with Crippen LogP contribution in [0.5, 0.6) is 5.75 Å². The van der Waals surface area contributed by atoms with Gasteiger partial charge in [-0.05, 0) is 36.7 Å². The lowest BCUT2D eigenvalue weighted by atomic mass is 10.1. The first kappa shape index (κ1) is 21.8. The van der Waals surface area contributed by atoms with E-state index in [2.05, 4.69) is 20.7 Å². The van der Waals surface area contributed by atoms with Crippen LogP contribution in [0.25, 0.3) is 16.8 Å². The Morgan fingerprint density at radius 2 is 2.12 bits per heavy atom. The maximum absolute atomic E-state index is 13.6. The molecule has 1 aliphatic rings. The molecule has 0 bridgehead atoms. The highest BCUT2D eigenvalue weighted by Gasteiger charge is 2.25. The maximum Gasteiger partial charge on any atom is 0.255 e. The number of hydrogen-bond acceptors (Lipinski definition) is 7. The van der Waals surface area contributed by atoms with Crippen LogP contribution in [0.15, 0.2) is 48.8 Å². The number of nitrogen functional groups attached to an aromatic ring is 1. The molecule has 1 fully saturated rings. The highest BCUT2D eigenvalue weighted by Crippen LogP contribution is 2.31. The Bertz CT molecular complexity index is 1350. The third-order valence-electron chi connectivity index (χ3n) is 6.00. The summed E-state index contributed by atoms with van der Waals surface area (Å²) >= 11 is 0.